The molecule has 84 valence electrons. The molecule has 0 aliphatic heterocycles. The maximum absolute atomic E-state index is 11.9. The van der Waals surface area contributed by atoms with E-state index in [0.717, 1.165) is 4.47 Å². The Labute approximate surface area is 97.7 Å². The third-order valence-electron chi connectivity index (χ3n) is 2.06. The van der Waals surface area contributed by atoms with Crippen LogP contribution in [0.4, 0.5) is 0 Å². The lowest BCUT2D eigenvalue weighted by Gasteiger charge is -2.08. The van der Waals surface area contributed by atoms with Crippen molar-refractivity contribution < 1.29 is 9.53 Å². The molecular weight excluding hydrogens is 260 g/mol. The Balaban J connectivity index is 2.93. The lowest BCUT2D eigenvalue weighted by molar-refractivity contribution is 0.0924. The maximum Gasteiger partial charge on any atom is 0.184 e. The van der Waals surface area contributed by atoms with Gasteiger partial charge in [-0.25, -0.2) is 0 Å². The Morgan fingerprint density at radius 3 is 2.87 bits per heavy atom. The molecule has 0 amide bonds. The summed E-state index contributed by atoms with van der Waals surface area (Å²) in [6.07, 6.45) is 1.64. The van der Waals surface area contributed by atoms with E-state index in [1.165, 1.54) is 0 Å². The molecule has 0 N–H and O–H groups in total. The fourth-order valence-corrected chi connectivity index (χ4v) is 1.72. The first-order valence-electron chi connectivity index (χ1n) is 4.82. The summed E-state index contributed by atoms with van der Waals surface area (Å²) in [6.45, 7) is 4.90. The van der Waals surface area contributed by atoms with E-state index < -0.39 is 0 Å². The number of hydrogen-bond donors (Lipinski definition) is 0. The normalized spacial score (nSPS) is 11.0. The summed E-state index contributed by atoms with van der Waals surface area (Å²) in [7, 11) is 1.63. The smallest absolute Gasteiger partial charge is 0.184 e. The highest BCUT2D eigenvalue weighted by Gasteiger charge is 2.19. The Hall–Kier alpha value is -0.680. The van der Waals surface area contributed by atoms with Crippen molar-refractivity contribution in [3.05, 3.63) is 16.4 Å². The van der Waals surface area contributed by atoms with Gasteiger partial charge < -0.3 is 4.74 Å². The van der Waals surface area contributed by atoms with Crippen LogP contribution in [0.5, 0.6) is 0 Å². The summed E-state index contributed by atoms with van der Waals surface area (Å²) >= 11 is 3.33. The van der Waals surface area contributed by atoms with Gasteiger partial charge in [0.2, 0.25) is 0 Å². The van der Waals surface area contributed by atoms with Crippen LogP contribution in [-0.2, 0) is 11.3 Å². The van der Waals surface area contributed by atoms with Crippen LogP contribution in [0, 0.1) is 5.92 Å². The maximum atomic E-state index is 11.9. The van der Waals surface area contributed by atoms with Crippen molar-refractivity contribution in [2.75, 3.05) is 13.7 Å². The second-order valence-electron chi connectivity index (χ2n) is 3.58. The molecule has 0 aliphatic carbocycles. The predicted molar refractivity (Wildman–Crippen MR) is 61.0 cm³/mol. The van der Waals surface area contributed by atoms with Crippen LogP contribution in [0.15, 0.2) is 10.7 Å². The van der Waals surface area contributed by atoms with Crippen LogP contribution < -0.4 is 0 Å². The number of carbonyl (C=O) groups is 1. The molecule has 1 aromatic rings. The van der Waals surface area contributed by atoms with Crippen LogP contribution in [-0.4, -0.2) is 29.3 Å². The van der Waals surface area contributed by atoms with Crippen LogP contribution >= 0.6 is 15.9 Å². The quantitative estimate of drug-likeness (QED) is 0.773. The lowest BCUT2D eigenvalue weighted by atomic mass is 10.1. The van der Waals surface area contributed by atoms with Crippen molar-refractivity contribution in [3.63, 3.8) is 0 Å². The second-order valence-corrected chi connectivity index (χ2v) is 4.43. The Kier molecular flexibility index (Phi) is 4.47. The minimum Gasteiger partial charge on any atom is -0.383 e. The molecule has 0 fully saturated rings. The first-order chi connectivity index (χ1) is 7.07. The van der Waals surface area contributed by atoms with E-state index in [4.69, 9.17) is 4.74 Å². The van der Waals surface area contributed by atoms with Gasteiger partial charge in [0.15, 0.2) is 5.78 Å². The summed E-state index contributed by atoms with van der Waals surface area (Å²) in [6, 6.07) is 0. The molecule has 1 rings (SSSR count). The molecule has 0 aromatic carbocycles. The van der Waals surface area contributed by atoms with Gasteiger partial charge in [-0.05, 0) is 15.9 Å². The van der Waals surface area contributed by atoms with Crippen molar-refractivity contribution >= 4 is 21.7 Å². The molecule has 0 saturated heterocycles. The van der Waals surface area contributed by atoms with Crippen molar-refractivity contribution in [2.45, 2.75) is 20.4 Å². The van der Waals surface area contributed by atoms with E-state index in [2.05, 4.69) is 21.0 Å². The third kappa shape index (κ3) is 2.89. The third-order valence-corrected chi connectivity index (χ3v) is 2.64. The molecule has 0 spiro atoms. The molecule has 1 aromatic heterocycles. The number of rotatable bonds is 5. The van der Waals surface area contributed by atoms with Gasteiger partial charge in [-0.3, -0.25) is 9.48 Å². The fourth-order valence-electron chi connectivity index (χ4n) is 1.23. The number of aromatic nitrogens is 2. The zero-order valence-electron chi connectivity index (χ0n) is 9.16. The van der Waals surface area contributed by atoms with Crippen molar-refractivity contribution in [2.24, 2.45) is 5.92 Å². The van der Waals surface area contributed by atoms with Gasteiger partial charge in [-0.1, -0.05) is 13.8 Å². The molecule has 0 radical (unpaired) electrons. The van der Waals surface area contributed by atoms with E-state index in [1.807, 2.05) is 13.8 Å². The number of hydrogen-bond acceptors (Lipinski definition) is 3. The first-order valence-corrected chi connectivity index (χ1v) is 5.61. The Morgan fingerprint density at radius 2 is 2.33 bits per heavy atom. The van der Waals surface area contributed by atoms with Gasteiger partial charge >= 0.3 is 0 Å². The Morgan fingerprint density at radius 1 is 1.67 bits per heavy atom. The number of ether oxygens (including phenoxy) is 1. The average molecular weight is 275 g/mol. The highest BCUT2D eigenvalue weighted by Crippen LogP contribution is 2.19. The molecule has 0 aliphatic rings. The highest BCUT2D eigenvalue weighted by atomic mass is 79.9. The topological polar surface area (TPSA) is 44.1 Å². The number of Topliss-reactive ketones (excluding diaryl/α,β-unsaturated/α-hetero) is 1. The number of carbonyl (C=O) groups excluding carboxylic acids is 1. The van der Waals surface area contributed by atoms with Gasteiger partial charge in [0.1, 0.15) is 5.69 Å². The number of nitrogens with zero attached hydrogens (tertiary/aromatic N) is 2. The van der Waals surface area contributed by atoms with Gasteiger partial charge in [0.25, 0.3) is 0 Å². The average Bonchev–Trinajstić information content (AvgIpc) is 2.55. The molecule has 1 heterocycles. The number of methoxy groups -OCH3 is 1. The molecule has 15 heavy (non-hydrogen) atoms. The van der Waals surface area contributed by atoms with Crippen LogP contribution in [0.25, 0.3) is 0 Å². The van der Waals surface area contributed by atoms with Gasteiger partial charge in [-0.15, -0.1) is 0 Å². The zero-order valence-corrected chi connectivity index (χ0v) is 10.7. The fraction of sp³-hybridized carbons (Fsp3) is 0.600. The van der Waals surface area contributed by atoms with E-state index in [9.17, 15) is 4.79 Å². The summed E-state index contributed by atoms with van der Waals surface area (Å²) in [5, 5.41) is 4.13. The standard InChI is InChI=1S/C10H15BrN2O2/c1-7(2)10(14)9-8(11)6-12-13(9)4-5-15-3/h6-7H,4-5H2,1-3H3. The van der Waals surface area contributed by atoms with Crippen LogP contribution in [0.3, 0.4) is 0 Å². The van der Waals surface area contributed by atoms with Crippen LogP contribution in [0.2, 0.25) is 0 Å². The highest BCUT2D eigenvalue weighted by molar-refractivity contribution is 9.10. The van der Waals surface area contributed by atoms with Crippen LogP contribution in [0.1, 0.15) is 24.3 Å². The number of halogens is 1. The lowest BCUT2D eigenvalue weighted by Crippen LogP contribution is -2.17. The predicted octanol–water partition coefficient (Wildman–Crippen LogP) is 2.13. The molecule has 0 saturated carbocycles. The monoisotopic (exact) mass is 274 g/mol. The summed E-state index contributed by atoms with van der Waals surface area (Å²) < 4.78 is 7.39. The van der Waals surface area contributed by atoms with E-state index in [0.29, 0.717) is 18.8 Å². The van der Waals surface area contributed by atoms with Crippen molar-refractivity contribution in [1.82, 2.24) is 9.78 Å². The largest absolute Gasteiger partial charge is 0.383 e. The zero-order chi connectivity index (χ0) is 11.4. The summed E-state index contributed by atoms with van der Waals surface area (Å²) in [5.74, 6) is 0.0646. The van der Waals surface area contributed by atoms with Crippen molar-refractivity contribution in [3.8, 4) is 0 Å². The van der Waals surface area contributed by atoms with E-state index in [1.54, 1.807) is 18.0 Å². The van der Waals surface area contributed by atoms with E-state index in [-0.39, 0.29) is 11.7 Å². The molecule has 0 atom stereocenters. The Bertz CT molecular complexity index is 347. The minimum atomic E-state index is -0.0284. The van der Waals surface area contributed by atoms with E-state index >= 15 is 0 Å². The SMILES string of the molecule is COCCn1ncc(Br)c1C(=O)C(C)C. The first kappa shape index (κ1) is 12.4. The van der Waals surface area contributed by atoms with Crippen molar-refractivity contribution in [1.29, 1.82) is 0 Å². The molecule has 0 bridgehead atoms. The second kappa shape index (κ2) is 5.42. The van der Waals surface area contributed by atoms with Gasteiger partial charge in [-0.2, -0.15) is 5.10 Å². The summed E-state index contributed by atoms with van der Waals surface area (Å²) in [4.78, 5) is 11.9. The number of ketones is 1. The minimum absolute atomic E-state index is 0.0284. The summed E-state index contributed by atoms with van der Waals surface area (Å²) in [5.41, 5.74) is 0.627. The van der Waals surface area contributed by atoms with Gasteiger partial charge in [0.05, 0.1) is 23.8 Å². The molecule has 5 heteroatoms. The van der Waals surface area contributed by atoms with Gasteiger partial charge in [0, 0.05) is 13.0 Å². The molecule has 0 unspecified atom stereocenters. The molecular formula is C10H15BrN2O2. The molecule has 4 nitrogen and oxygen atoms in total.